The summed E-state index contributed by atoms with van der Waals surface area (Å²) in [5.74, 6) is -1.41. The minimum absolute atomic E-state index is 0.176. The van der Waals surface area contributed by atoms with E-state index in [9.17, 15) is 9.59 Å². The molecule has 4 rings (SSSR count). The summed E-state index contributed by atoms with van der Waals surface area (Å²) in [5, 5.41) is 0.975. The number of allylic oxidation sites excluding steroid dienone is 1. The average Bonchev–Trinajstić information content (AvgIpc) is 3.27. The summed E-state index contributed by atoms with van der Waals surface area (Å²) in [6.45, 7) is 5.98. The van der Waals surface area contributed by atoms with E-state index in [0.29, 0.717) is 5.56 Å². The number of hydrogen-bond donors (Lipinski definition) is 1. The topological polar surface area (TPSA) is 59.2 Å². The van der Waals surface area contributed by atoms with Gasteiger partial charge in [-0.05, 0) is 30.5 Å². The van der Waals surface area contributed by atoms with Crippen LogP contribution in [0.4, 0.5) is 0 Å². The fraction of sp³-hybridized carbons (Fsp3) is 0.172. The maximum Gasteiger partial charge on any atom is 0.321 e. The molecule has 2 atom stereocenters. The molecule has 0 fully saturated rings. The van der Waals surface area contributed by atoms with Crippen molar-refractivity contribution in [2.75, 3.05) is 6.61 Å². The van der Waals surface area contributed by atoms with Crippen molar-refractivity contribution in [3.05, 3.63) is 120 Å². The monoisotopic (exact) mass is 437 g/mol. The normalized spacial score (nSPS) is 13.7. The van der Waals surface area contributed by atoms with Gasteiger partial charge in [0.05, 0.1) is 6.61 Å². The van der Waals surface area contributed by atoms with E-state index < -0.39 is 17.3 Å². The number of esters is 1. The standard InChI is InChI=1S/C29H27NO3/c1-3-25(21-13-7-5-8-14-21)29(28(32)33-4-2,27(31)22-15-9-6-10-16-22)19-23-20-30-26-18-12-11-17-24(23)26/h3,5-18,20,25,30H,1,4,19H2,2H3/t25-,29+/m0/s1. The number of hydrogen-bond acceptors (Lipinski definition) is 3. The van der Waals surface area contributed by atoms with E-state index in [2.05, 4.69) is 11.6 Å². The lowest BCUT2D eigenvalue weighted by Crippen LogP contribution is -2.47. The maximum absolute atomic E-state index is 14.3. The van der Waals surface area contributed by atoms with Crippen molar-refractivity contribution in [3.63, 3.8) is 0 Å². The van der Waals surface area contributed by atoms with E-state index in [1.54, 1.807) is 37.3 Å². The number of fused-ring (bicyclic) bond motifs is 1. The van der Waals surface area contributed by atoms with E-state index >= 15 is 0 Å². The number of rotatable bonds is 9. The van der Waals surface area contributed by atoms with E-state index in [0.717, 1.165) is 22.0 Å². The van der Waals surface area contributed by atoms with Gasteiger partial charge in [-0.25, -0.2) is 0 Å². The number of Topliss-reactive ketones (excluding diaryl/α,β-unsaturated/α-hetero) is 1. The lowest BCUT2D eigenvalue weighted by molar-refractivity contribution is -0.153. The van der Waals surface area contributed by atoms with Crippen molar-refractivity contribution in [1.82, 2.24) is 4.98 Å². The summed E-state index contributed by atoms with van der Waals surface area (Å²) in [7, 11) is 0. The molecule has 3 aromatic carbocycles. The molecule has 4 aromatic rings. The number of H-pyrrole nitrogens is 1. The van der Waals surface area contributed by atoms with Gasteiger partial charge >= 0.3 is 5.97 Å². The molecule has 0 aliphatic carbocycles. The zero-order valence-corrected chi connectivity index (χ0v) is 18.7. The Labute approximate surface area is 193 Å². The molecule has 0 aliphatic rings. The highest BCUT2D eigenvalue weighted by atomic mass is 16.5. The first-order chi connectivity index (χ1) is 16.1. The van der Waals surface area contributed by atoms with Gasteiger partial charge in [-0.1, -0.05) is 84.9 Å². The Morgan fingerprint density at radius 2 is 1.61 bits per heavy atom. The summed E-state index contributed by atoms with van der Waals surface area (Å²) < 4.78 is 5.60. The molecule has 1 N–H and O–H groups in total. The summed E-state index contributed by atoms with van der Waals surface area (Å²) in [4.78, 5) is 31.3. The SMILES string of the molecule is C=C[C@@H](c1ccccc1)[C@@](Cc1c[nH]c2ccccc12)(C(=O)OCC)C(=O)c1ccccc1. The Bertz CT molecular complexity index is 1260. The molecule has 0 aliphatic heterocycles. The van der Waals surface area contributed by atoms with Gasteiger partial charge in [-0.15, -0.1) is 6.58 Å². The second-order valence-corrected chi connectivity index (χ2v) is 8.05. The van der Waals surface area contributed by atoms with Gasteiger partial charge in [0, 0.05) is 28.6 Å². The minimum atomic E-state index is -1.52. The molecule has 0 unspecified atom stereocenters. The zero-order valence-electron chi connectivity index (χ0n) is 18.7. The first-order valence-corrected chi connectivity index (χ1v) is 11.1. The van der Waals surface area contributed by atoms with Crippen LogP contribution >= 0.6 is 0 Å². The lowest BCUT2D eigenvalue weighted by atomic mass is 9.64. The molecule has 0 spiro atoms. The fourth-order valence-electron chi connectivity index (χ4n) is 4.59. The second-order valence-electron chi connectivity index (χ2n) is 8.05. The van der Waals surface area contributed by atoms with E-state index in [1.807, 2.05) is 66.9 Å². The smallest absolute Gasteiger partial charge is 0.321 e. The number of carbonyl (C=O) groups is 2. The number of ketones is 1. The van der Waals surface area contributed by atoms with Crippen LogP contribution in [0.5, 0.6) is 0 Å². The van der Waals surface area contributed by atoms with Gasteiger partial charge in [0.1, 0.15) is 5.41 Å². The van der Waals surface area contributed by atoms with Gasteiger partial charge in [0.25, 0.3) is 0 Å². The molecule has 4 nitrogen and oxygen atoms in total. The Morgan fingerprint density at radius 1 is 0.970 bits per heavy atom. The van der Waals surface area contributed by atoms with Crippen LogP contribution in [0.3, 0.4) is 0 Å². The maximum atomic E-state index is 14.3. The van der Waals surface area contributed by atoms with E-state index in [-0.39, 0.29) is 18.8 Å². The third-order valence-corrected chi connectivity index (χ3v) is 6.15. The van der Waals surface area contributed by atoms with Crippen molar-refractivity contribution >= 4 is 22.7 Å². The van der Waals surface area contributed by atoms with Gasteiger partial charge in [0.2, 0.25) is 0 Å². The van der Waals surface area contributed by atoms with Crippen LogP contribution in [0.15, 0.2) is 104 Å². The largest absolute Gasteiger partial charge is 0.465 e. The van der Waals surface area contributed by atoms with Gasteiger partial charge in [-0.3, -0.25) is 9.59 Å². The zero-order chi connectivity index (χ0) is 23.3. The molecular weight excluding hydrogens is 410 g/mol. The number of aromatic amines is 1. The van der Waals surface area contributed by atoms with Crippen LogP contribution in [-0.2, 0) is 16.0 Å². The minimum Gasteiger partial charge on any atom is -0.465 e. The molecular formula is C29H27NO3. The quantitative estimate of drug-likeness (QED) is 0.149. The van der Waals surface area contributed by atoms with Crippen LogP contribution in [0.25, 0.3) is 10.9 Å². The average molecular weight is 438 g/mol. The second kappa shape index (κ2) is 9.70. The molecule has 0 saturated carbocycles. The van der Waals surface area contributed by atoms with Gasteiger partial charge in [-0.2, -0.15) is 0 Å². The Hall–Kier alpha value is -3.92. The first kappa shape index (κ1) is 22.3. The summed E-state index contributed by atoms with van der Waals surface area (Å²) in [6, 6.07) is 26.4. The Morgan fingerprint density at radius 3 is 2.27 bits per heavy atom. The molecule has 0 saturated heterocycles. The van der Waals surface area contributed by atoms with Crippen LogP contribution in [0, 0.1) is 5.41 Å². The van der Waals surface area contributed by atoms with Crippen molar-refractivity contribution < 1.29 is 14.3 Å². The highest BCUT2D eigenvalue weighted by molar-refractivity contribution is 6.14. The van der Waals surface area contributed by atoms with Crippen LogP contribution in [0.1, 0.15) is 34.3 Å². The number of ether oxygens (including phenoxy) is 1. The molecule has 166 valence electrons. The highest BCUT2D eigenvalue weighted by Crippen LogP contribution is 2.45. The predicted octanol–water partition coefficient (Wildman–Crippen LogP) is 6.11. The van der Waals surface area contributed by atoms with Crippen LogP contribution < -0.4 is 0 Å². The van der Waals surface area contributed by atoms with Crippen LogP contribution in [-0.4, -0.2) is 23.3 Å². The molecule has 1 heterocycles. The Balaban J connectivity index is 1.97. The lowest BCUT2D eigenvalue weighted by Gasteiger charge is -2.36. The summed E-state index contributed by atoms with van der Waals surface area (Å²) >= 11 is 0. The van der Waals surface area contributed by atoms with Crippen LogP contribution in [0.2, 0.25) is 0 Å². The third kappa shape index (κ3) is 4.12. The van der Waals surface area contributed by atoms with Crippen molar-refractivity contribution in [2.45, 2.75) is 19.3 Å². The molecule has 33 heavy (non-hydrogen) atoms. The molecule has 1 aromatic heterocycles. The fourth-order valence-corrected chi connectivity index (χ4v) is 4.59. The number of carbonyl (C=O) groups excluding carboxylic acids is 2. The number of para-hydroxylation sites is 1. The number of benzene rings is 3. The summed E-state index contributed by atoms with van der Waals surface area (Å²) in [5.41, 5.74) is 1.61. The van der Waals surface area contributed by atoms with E-state index in [1.165, 1.54) is 0 Å². The number of nitrogens with one attached hydrogen (secondary N) is 1. The highest BCUT2D eigenvalue weighted by Gasteiger charge is 2.53. The first-order valence-electron chi connectivity index (χ1n) is 11.1. The predicted molar refractivity (Wildman–Crippen MR) is 131 cm³/mol. The molecule has 0 bridgehead atoms. The van der Waals surface area contributed by atoms with Crippen molar-refractivity contribution in [2.24, 2.45) is 5.41 Å². The third-order valence-electron chi connectivity index (χ3n) is 6.15. The van der Waals surface area contributed by atoms with Gasteiger partial charge in [0.15, 0.2) is 5.78 Å². The number of aromatic nitrogens is 1. The summed E-state index contributed by atoms with van der Waals surface area (Å²) in [6.07, 6.45) is 3.75. The van der Waals surface area contributed by atoms with Crippen molar-refractivity contribution in [1.29, 1.82) is 0 Å². The molecule has 4 heteroatoms. The molecule has 0 amide bonds. The van der Waals surface area contributed by atoms with Gasteiger partial charge < -0.3 is 9.72 Å². The van der Waals surface area contributed by atoms with Crippen molar-refractivity contribution in [3.8, 4) is 0 Å². The Kier molecular flexibility index (Phi) is 6.55. The molecule has 0 radical (unpaired) electrons. The van der Waals surface area contributed by atoms with E-state index in [4.69, 9.17) is 4.74 Å².